The maximum Gasteiger partial charge on any atom is 0.227 e. The second kappa shape index (κ2) is 8.43. The number of nitrogens with zero attached hydrogens (tertiary/aromatic N) is 4. The standard InChI is InChI=1S/C23H24FN7O/c1-14-11-17-18(29-14)4-5-19(21(17)24)32-23-15(2)22(27-13-28-23)30-20-6-3-16(12-26-20)31-9-7-25-8-10-31/h3-6,11-13,25,29H,7-10H2,1-2H3,(H,26,27,28,30). The van der Waals surface area contributed by atoms with Crippen LogP contribution in [0.1, 0.15) is 11.3 Å². The Morgan fingerprint density at radius 3 is 2.69 bits per heavy atom. The highest BCUT2D eigenvalue weighted by molar-refractivity contribution is 5.82. The molecule has 9 heteroatoms. The van der Waals surface area contributed by atoms with E-state index >= 15 is 0 Å². The van der Waals surface area contributed by atoms with Gasteiger partial charge in [0, 0.05) is 42.8 Å². The normalized spacial score (nSPS) is 14.0. The van der Waals surface area contributed by atoms with Gasteiger partial charge in [0.05, 0.1) is 17.4 Å². The van der Waals surface area contributed by atoms with E-state index in [0.29, 0.717) is 22.6 Å². The van der Waals surface area contributed by atoms with E-state index in [0.717, 1.165) is 43.1 Å². The molecule has 1 aromatic carbocycles. The predicted octanol–water partition coefficient (Wildman–Crippen LogP) is 4.05. The third-order valence-electron chi connectivity index (χ3n) is 5.56. The highest BCUT2D eigenvalue weighted by Crippen LogP contribution is 2.32. The van der Waals surface area contributed by atoms with E-state index in [4.69, 9.17) is 4.74 Å². The number of piperazine rings is 1. The number of halogens is 1. The molecule has 3 N–H and O–H groups in total. The summed E-state index contributed by atoms with van der Waals surface area (Å²) in [6.45, 7) is 7.58. The van der Waals surface area contributed by atoms with Crippen molar-refractivity contribution in [3.8, 4) is 11.6 Å². The molecule has 164 valence electrons. The fraction of sp³-hybridized carbons (Fsp3) is 0.261. The minimum absolute atomic E-state index is 0.114. The molecule has 0 aliphatic carbocycles. The number of ether oxygens (including phenoxy) is 1. The number of fused-ring (bicyclic) bond motifs is 1. The SMILES string of the molecule is Cc1cc2c(F)c(Oc3ncnc(Nc4ccc(N5CCNCC5)cn4)c3C)ccc2[nH]1. The van der Waals surface area contributed by atoms with Crippen LogP contribution in [0, 0.1) is 19.7 Å². The van der Waals surface area contributed by atoms with E-state index in [1.54, 1.807) is 18.2 Å². The van der Waals surface area contributed by atoms with Crippen molar-refractivity contribution in [1.82, 2.24) is 25.3 Å². The number of aromatic nitrogens is 4. The van der Waals surface area contributed by atoms with Crippen LogP contribution in [0.15, 0.2) is 42.9 Å². The van der Waals surface area contributed by atoms with Crippen LogP contribution in [0.4, 0.5) is 21.7 Å². The average molecular weight is 433 g/mol. The molecule has 0 atom stereocenters. The van der Waals surface area contributed by atoms with Crippen LogP contribution < -0.4 is 20.3 Å². The summed E-state index contributed by atoms with van der Waals surface area (Å²) in [6, 6.07) is 9.10. The van der Waals surface area contributed by atoms with Crippen molar-refractivity contribution in [3.05, 3.63) is 59.9 Å². The van der Waals surface area contributed by atoms with Gasteiger partial charge in [0.25, 0.3) is 0 Å². The van der Waals surface area contributed by atoms with Gasteiger partial charge in [0.1, 0.15) is 18.0 Å². The van der Waals surface area contributed by atoms with Gasteiger partial charge in [-0.3, -0.25) is 0 Å². The van der Waals surface area contributed by atoms with Crippen molar-refractivity contribution in [2.45, 2.75) is 13.8 Å². The Morgan fingerprint density at radius 2 is 1.91 bits per heavy atom. The third kappa shape index (κ3) is 3.94. The fourth-order valence-electron chi connectivity index (χ4n) is 3.83. The molecule has 32 heavy (non-hydrogen) atoms. The van der Waals surface area contributed by atoms with E-state index in [1.807, 2.05) is 32.2 Å². The van der Waals surface area contributed by atoms with Crippen molar-refractivity contribution in [2.24, 2.45) is 0 Å². The molecule has 0 radical (unpaired) electrons. The van der Waals surface area contributed by atoms with E-state index in [9.17, 15) is 4.39 Å². The Morgan fingerprint density at radius 1 is 1.06 bits per heavy atom. The molecule has 8 nitrogen and oxygen atoms in total. The molecule has 4 heterocycles. The number of hydrogen-bond acceptors (Lipinski definition) is 7. The predicted molar refractivity (Wildman–Crippen MR) is 122 cm³/mol. The molecule has 4 aromatic rings. The van der Waals surface area contributed by atoms with E-state index in [-0.39, 0.29) is 11.6 Å². The molecule has 1 fully saturated rings. The van der Waals surface area contributed by atoms with Crippen molar-refractivity contribution >= 4 is 28.2 Å². The highest BCUT2D eigenvalue weighted by Gasteiger charge is 2.16. The van der Waals surface area contributed by atoms with Gasteiger partial charge in [0.15, 0.2) is 11.6 Å². The molecular formula is C23H24FN7O. The zero-order chi connectivity index (χ0) is 22.1. The summed E-state index contributed by atoms with van der Waals surface area (Å²) < 4.78 is 20.7. The molecule has 3 aromatic heterocycles. The first kappa shape index (κ1) is 20.2. The topological polar surface area (TPSA) is 91.0 Å². The number of H-pyrrole nitrogens is 1. The van der Waals surface area contributed by atoms with Crippen LogP contribution in [0.25, 0.3) is 10.9 Å². The smallest absolute Gasteiger partial charge is 0.227 e. The molecule has 5 rings (SSSR count). The summed E-state index contributed by atoms with van der Waals surface area (Å²) in [5.74, 6) is 1.18. The number of rotatable bonds is 5. The molecular weight excluding hydrogens is 409 g/mol. The van der Waals surface area contributed by atoms with Crippen LogP contribution in [0.2, 0.25) is 0 Å². The molecule has 0 spiro atoms. The first-order valence-electron chi connectivity index (χ1n) is 10.5. The van der Waals surface area contributed by atoms with Crippen LogP contribution in [-0.2, 0) is 0 Å². The summed E-state index contributed by atoms with van der Waals surface area (Å²) in [5.41, 5.74) is 3.36. The van der Waals surface area contributed by atoms with Crippen molar-refractivity contribution in [2.75, 3.05) is 36.4 Å². The first-order chi connectivity index (χ1) is 15.6. The van der Waals surface area contributed by atoms with Gasteiger partial charge in [-0.15, -0.1) is 0 Å². The third-order valence-corrected chi connectivity index (χ3v) is 5.56. The minimum atomic E-state index is -0.426. The van der Waals surface area contributed by atoms with Gasteiger partial charge in [0.2, 0.25) is 5.88 Å². The fourth-order valence-corrected chi connectivity index (χ4v) is 3.83. The minimum Gasteiger partial charge on any atom is -0.435 e. The lowest BCUT2D eigenvalue weighted by Gasteiger charge is -2.29. The number of aromatic amines is 1. The van der Waals surface area contributed by atoms with Gasteiger partial charge >= 0.3 is 0 Å². The molecule has 0 amide bonds. The Kier molecular flexibility index (Phi) is 5.32. The van der Waals surface area contributed by atoms with Crippen LogP contribution in [-0.4, -0.2) is 46.1 Å². The summed E-state index contributed by atoms with van der Waals surface area (Å²) in [5, 5.41) is 7.03. The van der Waals surface area contributed by atoms with Crippen molar-refractivity contribution in [1.29, 1.82) is 0 Å². The second-order valence-corrected chi connectivity index (χ2v) is 7.81. The summed E-state index contributed by atoms with van der Waals surface area (Å²) in [6.07, 6.45) is 3.24. The molecule has 0 unspecified atom stereocenters. The summed E-state index contributed by atoms with van der Waals surface area (Å²) in [4.78, 5) is 18.4. The molecule has 1 aliphatic heterocycles. The Bertz CT molecular complexity index is 1250. The van der Waals surface area contributed by atoms with Gasteiger partial charge < -0.3 is 25.3 Å². The molecule has 1 saturated heterocycles. The van der Waals surface area contributed by atoms with Gasteiger partial charge in [-0.25, -0.2) is 19.3 Å². The lowest BCUT2D eigenvalue weighted by molar-refractivity contribution is 0.427. The average Bonchev–Trinajstić information content (AvgIpc) is 3.20. The Balaban J connectivity index is 1.35. The molecule has 1 aliphatic rings. The van der Waals surface area contributed by atoms with Crippen LogP contribution >= 0.6 is 0 Å². The number of hydrogen-bond donors (Lipinski definition) is 3. The van der Waals surface area contributed by atoms with Crippen molar-refractivity contribution in [3.63, 3.8) is 0 Å². The lowest BCUT2D eigenvalue weighted by Crippen LogP contribution is -2.43. The first-order valence-corrected chi connectivity index (χ1v) is 10.5. The number of anilines is 3. The van der Waals surface area contributed by atoms with Crippen molar-refractivity contribution < 1.29 is 9.13 Å². The van der Waals surface area contributed by atoms with E-state index in [2.05, 4.69) is 35.5 Å². The van der Waals surface area contributed by atoms with Crippen LogP contribution in [0.5, 0.6) is 11.6 Å². The maximum absolute atomic E-state index is 14.9. The molecule has 0 bridgehead atoms. The zero-order valence-electron chi connectivity index (χ0n) is 17.9. The Hall–Kier alpha value is -3.72. The van der Waals surface area contributed by atoms with Crippen LogP contribution in [0.3, 0.4) is 0 Å². The number of aryl methyl sites for hydroxylation is 1. The Labute approximate surface area is 184 Å². The number of nitrogens with one attached hydrogen (secondary N) is 3. The summed E-state index contributed by atoms with van der Waals surface area (Å²) in [7, 11) is 0. The van der Waals surface area contributed by atoms with E-state index < -0.39 is 5.82 Å². The van der Waals surface area contributed by atoms with Gasteiger partial charge in [-0.1, -0.05) is 0 Å². The zero-order valence-corrected chi connectivity index (χ0v) is 17.9. The highest BCUT2D eigenvalue weighted by atomic mass is 19.1. The quantitative estimate of drug-likeness (QED) is 0.437. The molecule has 0 saturated carbocycles. The summed E-state index contributed by atoms with van der Waals surface area (Å²) >= 11 is 0. The lowest BCUT2D eigenvalue weighted by atomic mass is 10.2. The monoisotopic (exact) mass is 433 g/mol. The number of pyridine rings is 1. The van der Waals surface area contributed by atoms with E-state index in [1.165, 1.54) is 6.33 Å². The second-order valence-electron chi connectivity index (χ2n) is 7.81. The van der Waals surface area contributed by atoms with Gasteiger partial charge in [-0.2, -0.15) is 0 Å². The maximum atomic E-state index is 14.9. The van der Waals surface area contributed by atoms with Gasteiger partial charge in [-0.05, 0) is 44.2 Å². The number of benzene rings is 1. The largest absolute Gasteiger partial charge is 0.435 e.